The average Bonchev–Trinajstić information content (AvgIpc) is 2.71. The summed E-state index contributed by atoms with van der Waals surface area (Å²) in [6.07, 6.45) is -0.0911. The number of carbonyl (C=O) groups excluding carboxylic acids is 1. The highest BCUT2D eigenvalue weighted by atomic mass is 32.2. The molecule has 30 heavy (non-hydrogen) atoms. The van der Waals surface area contributed by atoms with Gasteiger partial charge >= 0.3 is 6.36 Å². The number of carbonyl (C=O) groups is 1. The Hall–Kier alpha value is -2.81. The molecule has 0 saturated carbocycles. The first-order chi connectivity index (χ1) is 14.2. The number of fused-ring (bicyclic) bond motifs is 1. The maximum absolute atomic E-state index is 12.4. The fourth-order valence-electron chi connectivity index (χ4n) is 3.06. The zero-order valence-electron chi connectivity index (χ0n) is 16.3. The van der Waals surface area contributed by atoms with Crippen LogP contribution in [0.15, 0.2) is 54.6 Å². The van der Waals surface area contributed by atoms with E-state index in [0.717, 1.165) is 23.4 Å². The Bertz CT molecular complexity index is 961. The number of aromatic nitrogens is 2. The Balaban J connectivity index is 1.99. The molecule has 2 heterocycles. The van der Waals surface area contributed by atoms with Gasteiger partial charge in [-0.3, -0.25) is 4.79 Å². The van der Waals surface area contributed by atoms with E-state index < -0.39 is 6.36 Å². The minimum absolute atomic E-state index is 0.180. The zero-order valence-corrected chi connectivity index (χ0v) is 17.1. The molecule has 1 aromatic heterocycles. The molecule has 1 aliphatic rings. The van der Waals surface area contributed by atoms with Gasteiger partial charge in [-0.05, 0) is 43.2 Å². The first-order valence-corrected chi connectivity index (χ1v) is 10.0. The minimum atomic E-state index is -4.75. The second kappa shape index (κ2) is 8.91. The standard InChI is InChI=1S/C21H20F3N3O2S/c1-4-15-10-11-16-19(13-6-8-14(9-7-13)29-21(22,23)24)25-17(26-20(16)30-15)12-27(3)18(28)5-2/h4-9,15H,1-2,10-12H2,3H3. The van der Waals surface area contributed by atoms with E-state index in [1.807, 2.05) is 6.08 Å². The van der Waals surface area contributed by atoms with Crippen molar-refractivity contribution in [2.75, 3.05) is 7.05 Å². The van der Waals surface area contributed by atoms with Crippen LogP contribution in [0.1, 0.15) is 17.8 Å². The van der Waals surface area contributed by atoms with Crippen LogP contribution in [0, 0.1) is 0 Å². The molecule has 1 atom stereocenters. The highest BCUT2D eigenvalue weighted by Gasteiger charge is 2.31. The molecular weight excluding hydrogens is 415 g/mol. The van der Waals surface area contributed by atoms with Crippen molar-refractivity contribution in [2.24, 2.45) is 0 Å². The van der Waals surface area contributed by atoms with Gasteiger partial charge in [-0.15, -0.1) is 19.8 Å². The molecule has 5 nitrogen and oxygen atoms in total. The van der Waals surface area contributed by atoms with Crippen LogP contribution in [0.4, 0.5) is 13.2 Å². The van der Waals surface area contributed by atoms with Gasteiger partial charge in [0.25, 0.3) is 0 Å². The molecule has 0 N–H and O–H groups in total. The molecule has 0 bridgehead atoms. The molecule has 3 rings (SSSR count). The average molecular weight is 435 g/mol. The number of nitrogens with zero attached hydrogens (tertiary/aromatic N) is 3. The number of hydrogen-bond acceptors (Lipinski definition) is 5. The fourth-order valence-corrected chi connectivity index (χ4v) is 4.17. The summed E-state index contributed by atoms with van der Waals surface area (Å²) in [5.41, 5.74) is 2.23. The molecule has 0 aliphatic carbocycles. The van der Waals surface area contributed by atoms with Crippen molar-refractivity contribution >= 4 is 17.7 Å². The highest BCUT2D eigenvalue weighted by Crippen LogP contribution is 2.39. The first kappa shape index (κ1) is 21.9. The number of halogens is 3. The van der Waals surface area contributed by atoms with Crippen molar-refractivity contribution in [1.82, 2.24) is 14.9 Å². The molecule has 1 unspecified atom stereocenters. The van der Waals surface area contributed by atoms with Crippen LogP contribution in [0.2, 0.25) is 0 Å². The summed E-state index contributed by atoms with van der Waals surface area (Å²) in [5, 5.41) is 1.00. The van der Waals surface area contributed by atoms with Crippen LogP contribution < -0.4 is 4.74 Å². The molecule has 9 heteroatoms. The summed E-state index contributed by atoms with van der Waals surface area (Å²) in [7, 11) is 1.62. The molecular formula is C21H20F3N3O2S. The third kappa shape index (κ3) is 5.21. The van der Waals surface area contributed by atoms with Gasteiger partial charge in [0.1, 0.15) is 16.6 Å². The van der Waals surface area contributed by atoms with Crippen molar-refractivity contribution in [1.29, 1.82) is 0 Å². The van der Waals surface area contributed by atoms with Gasteiger partial charge in [0.15, 0.2) is 0 Å². The van der Waals surface area contributed by atoms with E-state index in [1.54, 1.807) is 18.8 Å². The lowest BCUT2D eigenvalue weighted by Gasteiger charge is -2.24. The van der Waals surface area contributed by atoms with Crippen LogP contribution in [0.5, 0.6) is 5.75 Å². The van der Waals surface area contributed by atoms with E-state index in [9.17, 15) is 18.0 Å². The predicted octanol–water partition coefficient (Wildman–Crippen LogP) is 4.78. The summed E-state index contributed by atoms with van der Waals surface area (Å²) in [5.74, 6) is -0.121. The summed E-state index contributed by atoms with van der Waals surface area (Å²) in [6.45, 7) is 7.50. The lowest BCUT2D eigenvalue weighted by atomic mass is 10.0. The summed E-state index contributed by atoms with van der Waals surface area (Å²) < 4.78 is 41.3. The summed E-state index contributed by atoms with van der Waals surface area (Å²) >= 11 is 1.57. The number of ether oxygens (including phenoxy) is 1. The molecule has 0 fully saturated rings. The quantitative estimate of drug-likeness (QED) is 0.371. The normalized spacial score (nSPS) is 15.8. The lowest BCUT2D eigenvalue weighted by molar-refractivity contribution is -0.274. The lowest BCUT2D eigenvalue weighted by Crippen LogP contribution is -2.26. The van der Waals surface area contributed by atoms with E-state index in [0.29, 0.717) is 17.1 Å². The Morgan fingerprint density at radius 3 is 2.60 bits per heavy atom. The van der Waals surface area contributed by atoms with E-state index in [4.69, 9.17) is 0 Å². The highest BCUT2D eigenvalue weighted by molar-refractivity contribution is 8.00. The largest absolute Gasteiger partial charge is 0.573 e. The predicted molar refractivity (Wildman–Crippen MR) is 109 cm³/mol. The van der Waals surface area contributed by atoms with Crippen LogP contribution in [-0.4, -0.2) is 39.4 Å². The van der Waals surface area contributed by atoms with Gasteiger partial charge in [-0.1, -0.05) is 24.4 Å². The second-order valence-electron chi connectivity index (χ2n) is 6.67. The van der Waals surface area contributed by atoms with Crippen LogP contribution >= 0.6 is 11.8 Å². The topological polar surface area (TPSA) is 55.3 Å². The van der Waals surface area contributed by atoms with Gasteiger partial charge in [-0.25, -0.2) is 9.97 Å². The number of alkyl halides is 3. The first-order valence-electron chi connectivity index (χ1n) is 9.13. The Morgan fingerprint density at radius 2 is 2.00 bits per heavy atom. The maximum atomic E-state index is 12.4. The molecule has 0 saturated heterocycles. The Labute approximate surface area is 176 Å². The number of rotatable bonds is 6. The van der Waals surface area contributed by atoms with Crippen molar-refractivity contribution in [3.8, 4) is 17.0 Å². The molecule has 0 radical (unpaired) electrons. The molecule has 2 aromatic rings. The maximum Gasteiger partial charge on any atom is 0.573 e. The minimum Gasteiger partial charge on any atom is -0.406 e. The van der Waals surface area contributed by atoms with E-state index >= 15 is 0 Å². The number of benzene rings is 1. The van der Waals surface area contributed by atoms with E-state index in [-0.39, 0.29) is 23.5 Å². The van der Waals surface area contributed by atoms with Crippen LogP contribution in [0.25, 0.3) is 11.3 Å². The van der Waals surface area contributed by atoms with Crippen molar-refractivity contribution < 1.29 is 22.7 Å². The van der Waals surface area contributed by atoms with Gasteiger partial charge in [0.2, 0.25) is 5.91 Å². The summed E-state index contributed by atoms with van der Waals surface area (Å²) in [6, 6.07) is 5.59. The zero-order chi connectivity index (χ0) is 21.9. The third-order valence-corrected chi connectivity index (χ3v) is 5.80. The number of thioether (sulfide) groups is 1. The van der Waals surface area contributed by atoms with Gasteiger partial charge in [0.05, 0.1) is 12.2 Å². The van der Waals surface area contributed by atoms with Crippen LogP contribution in [-0.2, 0) is 17.8 Å². The van der Waals surface area contributed by atoms with Crippen LogP contribution in [0.3, 0.4) is 0 Å². The van der Waals surface area contributed by atoms with Crippen molar-refractivity contribution in [2.45, 2.75) is 36.0 Å². The van der Waals surface area contributed by atoms with E-state index in [2.05, 4.69) is 27.9 Å². The van der Waals surface area contributed by atoms with Gasteiger partial charge in [-0.2, -0.15) is 0 Å². The molecule has 1 amide bonds. The van der Waals surface area contributed by atoms with E-state index in [1.165, 1.54) is 35.2 Å². The van der Waals surface area contributed by atoms with Crippen molar-refractivity contribution in [3.63, 3.8) is 0 Å². The number of likely N-dealkylation sites (N-methyl/N-ethyl adjacent to an activating group) is 1. The molecule has 1 aromatic carbocycles. The molecule has 1 aliphatic heterocycles. The van der Waals surface area contributed by atoms with Gasteiger partial charge in [0, 0.05) is 23.4 Å². The third-order valence-electron chi connectivity index (χ3n) is 4.51. The monoisotopic (exact) mass is 435 g/mol. The second-order valence-corrected chi connectivity index (χ2v) is 7.90. The molecule has 0 spiro atoms. The summed E-state index contributed by atoms with van der Waals surface area (Å²) in [4.78, 5) is 22.5. The number of amides is 1. The smallest absolute Gasteiger partial charge is 0.406 e. The Morgan fingerprint density at radius 1 is 1.30 bits per heavy atom. The number of hydrogen-bond donors (Lipinski definition) is 0. The van der Waals surface area contributed by atoms with Crippen molar-refractivity contribution in [3.05, 3.63) is 61.0 Å². The fraction of sp³-hybridized carbons (Fsp3) is 0.286. The SMILES string of the molecule is C=CC(=O)N(C)Cc1nc2c(c(-c3ccc(OC(F)(F)F)cc3)n1)CCC(C=C)S2. The Kier molecular flexibility index (Phi) is 6.50. The van der Waals surface area contributed by atoms with Gasteiger partial charge < -0.3 is 9.64 Å². The molecule has 158 valence electrons.